The van der Waals surface area contributed by atoms with Crippen molar-refractivity contribution in [3.8, 4) is 0 Å². The molecule has 1 amide bonds. The maximum Gasteiger partial charge on any atom is 0.413 e. The number of aryl methyl sites for hydroxylation is 1. The Morgan fingerprint density at radius 1 is 1.47 bits per heavy atom. The molecule has 0 spiro atoms. The molecule has 1 aromatic heterocycles. The first-order chi connectivity index (χ1) is 8.85. The van der Waals surface area contributed by atoms with E-state index in [1.807, 2.05) is 26.8 Å². The fourth-order valence-corrected chi connectivity index (χ4v) is 2.17. The highest BCUT2D eigenvalue weighted by atomic mass is 16.6. The van der Waals surface area contributed by atoms with E-state index in [9.17, 15) is 4.79 Å². The van der Waals surface area contributed by atoms with E-state index in [0.717, 1.165) is 30.5 Å². The van der Waals surface area contributed by atoms with Crippen LogP contribution in [0.15, 0.2) is 12.1 Å². The summed E-state index contributed by atoms with van der Waals surface area (Å²) in [6, 6.07) is 3.78. The fourth-order valence-electron chi connectivity index (χ4n) is 2.17. The number of hydrogen-bond acceptors (Lipinski definition) is 4. The van der Waals surface area contributed by atoms with Crippen LogP contribution < -0.4 is 11.1 Å². The minimum Gasteiger partial charge on any atom is -0.444 e. The molecular formula is C14H21N3O2. The van der Waals surface area contributed by atoms with Gasteiger partial charge in [0, 0.05) is 11.7 Å². The molecule has 19 heavy (non-hydrogen) atoms. The molecule has 1 aliphatic carbocycles. The quantitative estimate of drug-likeness (QED) is 0.816. The van der Waals surface area contributed by atoms with Gasteiger partial charge in [-0.1, -0.05) is 6.07 Å². The summed E-state index contributed by atoms with van der Waals surface area (Å²) in [6.07, 6.45) is 2.46. The van der Waals surface area contributed by atoms with E-state index in [0.29, 0.717) is 5.82 Å². The van der Waals surface area contributed by atoms with Crippen molar-refractivity contribution >= 4 is 11.9 Å². The molecule has 1 heterocycles. The number of hydrogen-bond donors (Lipinski definition) is 2. The molecule has 2 rings (SSSR count). The Balaban J connectivity index is 2.08. The second kappa shape index (κ2) is 5.17. The second-order valence-electron chi connectivity index (χ2n) is 5.86. The van der Waals surface area contributed by atoms with Crippen molar-refractivity contribution in [1.82, 2.24) is 4.98 Å². The first-order valence-electron chi connectivity index (χ1n) is 6.60. The Morgan fingerprint density at radius 3 is 2.89 bits per heavy atom. The lowest BCUT2D eigenvalue weighted by atomic mass is 9.92. The maximum absolute atomic E-state index is 11.7. The highest BCUT2D eigenvalue weighted by molar-refractivity contribution is 5.83. The molecule has 1 atom stereocenters. The van der Waals surface area contributed by atoms with Crippen molar-refractivity contribution in [1.29, 1.82) is 0 Å². The molecule has 1 unspecified atom stereocenters. The Hall–Kier alpha value is -1.62. The number of carbonyl (C=O) groups excluding carboxylic acids is 1. The molecule has 0 bridgehead atoms. The van der Waals surface area contributed by atoms with Crippen molar-refractivity contribution in [2.75, 3.05) is 5.32 Å². The van der Waals surface area contributed by atoms with Gasteiger partial charge in [-0.05, 0) is 51.7 Å². The molecule has 0 saturated carbocycles. The summed E-state index contributed by atoms with van der Waals surface area (Å²) in [4.78, 5) is 16.1. The summed E-state index contributed by atoms with van der Waals surface area (Å²) in [6.45, 7) is 5.48. The van der Waals surface area contributed by atoms with E-state index < -0.39 is 11.7 Å². The van der Waals surface area contributed by atoms with Gasteiger partial charge in [-0.15, -0.1) is 0 Å². The molecule has 1 aliphatic rings. The van der Waals surface area contributed by atoms with E-state index in [1.54, 1.807) is 6.07 Å². The van der Waals surface area contributed by atoms with Gasteiger partial charge in [0.25, 0.3) is 0 Å². The molecule has 0 aromatic carbocycles. The Morgan fingerprint density at radius 2 is 2.21 bits per heavy atom. The predicted molar refractivity (Wildman–Crippen MR) is 74.0 cm³/mol. The van der Waals surface area contributed by atoms with Crippen molar-refractivity contribution < 1.29 is 9.53 Å². The van der Waals surface area contributed by atoms with Crippen LogP contribution in [0.1, 0.15) is 50.9 Å². The molecule has 3 N–H and O–H groups in total. The number of nitrogens with two attached hydrogens (primary N) is 1. The average Bonchev–Trinajstić information content (AvgIpc) is 2.26. The number of fused-ring (bicyclic) bond motifs is 1. The molecular weight excluding hydrogens is 242 g/mol. The van der Waals surface area contributed by atoms with Crippen LogP contribution in [-0.2, 0) is 11.2 Å². The number of rotatable bonds is 1. The van der Waals surface area contributed by atoms with Crippen molar-refractivity contribution in [2.45, 2.75) is 51.7 Å². The van der Waals surface area contributed by atoms with Crippen LogP contribution in [-0.4, -0.2) is 16.7 Å². The molecule has 0 radical (unpaired) electrons. The summed E-state index contributed by atoms with van der Waals surface area (Å²) in [5.41, 5.74) is 7.58. The zero-order valence-corrected chi connectivity index (χ0v) is 11.7. The van der Waals surface area contributed by atoms with Crippen LogP contribution >= 0.6 is 0 Å². The minimum absolute atomic E-state index is 0.0619. The van der Waals surface area contributed by atoms with Crippen molar-refractivity contribution in [3.05, 3.63) is 23.4 Å². The van der Waals surface area contributed by atoms with Crippen molar-refractivity contribution in [2.24, 2.45) is 5.73 Å². The standard InChI is InChI=1S/C14H21N3O2/c1-14(2,3)19-13(18)17-12-8-7-9-10(15)5-4-6-11(9)16-12/h7-8,10H,4-6,15H2,1-3H3,(H,16,17,18). The average molecular weight is 263 g/mol. The van der Waals surface area contributed by atoms with Gasteiger partial charge in [0.15, 0.2) is 0 Å². The summed E-state index contributed by atoms with van der Waals surface area (Å²) >= 11 is 0. The SMILES string of the molecule is CC(C)(C)OC(=O)Nc1ccc2c(n1)CCCC2N. The summed E-state index contributed by atoms with van der Waals surface area (Å²) < 4.78 is 5.19. The van der Waals surface area contributed by atoms with E-state index in [-0.39, 0.29) is 6.04 Å². The number of aromatic nitrogens is 1. The van der Waals surface area contributed by atoms with E-state index in [4.69, 9.17) is 10.5 Å². The monoisotopic (exact) mass is 263 g/mol. The smallest absolute Gasteiger partial charge is 0.413 e. The lowest BCUT2D eigenvalue weighted by molar-refractivity contribution is 0.0635. The van der Waals surface area contributed by atoms with Crippen molar-refractivity contribution in [3.63, 3.8) is 0 Å². The van der Waals surface area contributed by atoms with Crippen LogP contribution in [0.2, 0.25) is 0 Å². The number of amides is 1. The third-order valence-corrected chi connectivity index (χ3v) is 2.97. The Bertz CT molecular complexity index is 480. The largest absolute Gasteiger partial charge is 0.444 e. The normalized spacial score (nSPS) is 18.6. The third-order valence-electron chi connectivity index (χ3n) is 2.97. The van der Waals surface area contributed by atoms with Crippen LogP contribution in [0.3, 0.4) is 0 Å². The number of nitrogens with one attached hydrogen (secondary N) is 1. The van der Waals surface area contributed by atoms with E-state index in [1.165, 1.54) is 0 Å². The molecule has 0 aliphatic heterocycles. The topological polar surface area (TPSA) is 77.2 Å². The highest BCUT2D eigenvalue weighted by Gasteiger charge is 2.20. The Kier molecular flexibility index (Phi) is 3.75. The summed E-state index contributed by atoms with van der Waals surface area (Å²) in [7, 11) is 0. The van der Waals surface area contributed by atoms with Gasteiger partial charge in [0.2, 0.25) is 0 Å². The fraction of sp³-hybridized carbons (Fsp3) is 0.571. The number of ether oxygens (including phenoxy) is 1. The second-order valence-corrected chi connectivity index (χ2v) is 5.86. The number of nitrogens with zero attached hydrogens (tertiary/aromatic N) is 1. The number of anilines is 1. The highest BCUT2D eigenvalue weighted by Crippen LogP contribution is 2.27. The number of carbonyl (C=O) groups is 1. The van der Waals surface area contributed by atoms with Gasteiger partial charge >= 0.3 is 6.09 Å². The lowest BCUT2D eigenvalue weighted by Gasteiger charge is -2.22. The van der Waals surface area contributed by atoms with Gasteiger partial charge in [-0.3, -0.25) is 5.32 Å². The molecule has 1 aromatic rings. The minimum atomic E-state index is -0.513. The lowest BCUT2D eigenvalue weighted by Crippen LogP contribution is -2.28. The van der Waals surface area contributed by atoms with Crippen LogP contribution in [0.4, 0.5) is 10.6 Å². The van der Waals surface area contributed by atoms with Crippen LogP contribution in [0.25, 0.3) is 0 Å². The predicted octanol–water partition coefficient (Wildman–Crippen LogP) is 2.76. The van der Waals surface area contributed by atoms with Gasteiger partial charge in [-0.2, -0.15) is 0 Å². The summed E-state index contributed by atoms with van der Waals surface area (Å²) in [5, 5.41) is 2.65. The number of pyridine rings is 1. The molecule has 5 heteroatoms. The molecule has 104 valence electrons. The van der Waals surface area contributed by atoms with Gasteiger partial charge in [-0.25, -0.2) is 9.78 Å². The van der Waals surface area contributed by atoms with E-state index in [2.05, 4.69) is 10.3 Å². The van der Waals surface area contributed by atoms with E-state index >= 15 is 0 Å². The van der Waals surface area contributed by atoms with Crippen LogP contribution in [0.5, 0.6) is 0 Å². The first kappa shape index (κ1) is 13.8. The van der Waals surface area contributed by atoms with Gasteiger partial charge in [0.05, 0.1) is 0 Å². The maximum atomic E-state index is 11.7. The molecule has 0 fully saturated rings. The Labute approximate surface area is 113 Å². The third kappa shape index (κ3) is 3.67. The van der Waals surface area contributed by atoms with Crippen LogP contribution in [0, 0.1) is 0 Å². The molecule has 5 nitrogen and oxygen atoms in total. The van der Waals surface area contributed by atoms with Gasteiger partial charge in [0.1, 0.15) is 11.4 Å². The molecule has 0 saturated heterocycles. The summed E-state index contributed by atoms with van der Waals surface area (Å²) in [5.74, 6) is 0.516. The zero-order chi connectivity index (χ0) is 14.0. The first-order valence-corrected chi connectivity index (χ1v) is 6.60. The zero-order valence-electron chi connectivity index (χ0n) is 11.7. The van der Waals surface area contributed by atoms with Gasteiger partial charge < -0.3 is 10.5 Å².